The number of aliphatic imine (C=N–C) groups is 1. The van der Waals surface area contributed by atoms with Crippen molar-refractivity contribution >= 4 is 47.3 Å². The molecule has 0 aromatic carbocycles. The average Bonchev–Trinajstić information content (AvgIpc) is 2.98. The Bertz CT molecular complexity index is 638. The van der Waals surface area contributed by atoms with E-state index in [0.29, 0.717) is 6.04 Å². The Kier molecular flexibility index (Phi) is 7.41. The minimum atomic E-state index is 0. The number of pyridine rings is 1. The van der Waals surface area contributed by atoms with Gasteiger partial charge in [-0.2, -0.15) is 11.8 Å². The van der Waals surface area contributed by atoms with Crippen molar-refractivity contribution in [2.75, 3.05) is 25.1 Å². The Balaban J connectivity index is 0.00000192. The number of hydrogen-bond donors (Lipinski definition) is 2. The van der Waals surface area contributed by atoms with Gasteiger partial charge in [0.05, 0.1) is 0 Å². The molecule has 1 unspecified atom stereocenters. The molecule has 0 spiro atoms. The number of fused-ring (bicyclic) bond motifs is 1. The molecule has 1 saturated heterocycles. The Hall–Kier alpha value is -1.03. The monoisotopic (exact) mass is 446 g/mol. The first-order valence-corrected chi connectivity index (χ1v) is 8.86. The molecule has 0 radical (unpaired) electrons. The molecule has 0 amide bonds. The second-order valence-corrected chi connectivity index (χ2v) is 6.50. The molecule has 0 bridgehead atoms. The van der Waals surface area contributed by atoms with Gasteiger partial charge in [-0.25, -0.2) is 0 Å². The summed E-state index contributed by atoms with van der Waals surface area (Å²) in [6.07, 6.45) is 5.32. The van der Waals surface area contributed by atoms with Gasteiger partial charge in [-0.05, 0) is 30.7 Å². The highest BCUT2D eigenvalue weighted by Gasteiger charge is 2.14. The Morgan fingerprint density at radius 1 is 1.43 bits per heavy atom. The summed E-state index contributed by atoms with van der Waals surface area (Å²) in [6.45, 7) is 0.787. The van der Waals surface area contributed by atoms with E-state index in [1.54, 1.807) is 0 Å². The predicted octanol–water partition coefficient (Wildman–Crippen LogP) is 1.95. The molecule has 126 valence electrons. The molecule has 6 nitrogen and oxygen atoms in total. The van der Waals surface area contributed by atoms with Gasteiger partial charge in [0.25, 0.3) is 0 Å². The van der Waals surface area contributed by atoms with Crippen molar-refractivity contribution in [3.8, 4) is 0 Å². The van der Waals surface area contributed by atoms with Crippen LogP contribution in [0.2, 0.25) is 0 Å². The molecule has 1 atom stereocenters. The second kappa shape index (κ2) is 9.31. The molecule has 1 aliphatic heterocycles. The van der Waals surface area contributed by atoms with Gasteiger partial charge in [-0.1, -0.05) is 6.07 Å². The lowest BCUT2D eigenvalue weighted by Gasteiger charge is -2.24. The van der Waals surface area contributed by atoms with Gasteiger partial charge in [-0.15, -0.1) is 34.2 Å². The van der Waals surface area contributed by atoms with Crippen LogP contribution in [0.15, 0.2) is 29.4 Å². The summed E-state index contributed by atoms with van der Waals surface area (Å²) in [4.78, 5) is 4.31. The lowest BCUT2D eigenvalue weighted by Crippen LogP contribution is -2.46. The SMILES string of the molecule is CN=C(NCCc1nnc2ccccn12)NC1CCCSC1.I. The van der Waals surface area contributed by atoms with Gasteiger partial charge in [0.1, 0.15) is 5.82 Å². The average molecular weight is 446 g/mol. The van der Waals surface area contributed by atoms with E-state index in [1.165, 1.54) is 18.6 Å². The number of nitrogens with zero attached hydrogens (tertiary/aromatic N) is 4. The summed E-state index contributed by atoms with van der Waals surface area (Å²) in [5.41, 5.74) is 0.888. The first-order valence-electron chi connectivity index (χ1n) is 7.70. The molecule has 1 fully saturated rings. The van der Waals surface area contributed by atoms with Crippen molar-refractivity contribution < 1.29 is 0 Å². The van der Waals surface area contributed by atoms with Gasteiger partial charge in [-0.3, -0.25) is 9.39 Å². The first kappa shape index (κ1) is 18.3. The lowest BCUT2D eigenvalue weighted by molar-refractivity contribution is 0.581. The van der Waals surface area contributed by atoms with E-state index in [9.17, 15) is 0 Å². The summed E-state index contributed by atoms with van der Waals surface area (Å²) in [7, 11) is 1.82. The maximum atomic E-state index is 4.31. The van der Waals surface area contributed by atoms with Gasteiger partial charge in [0.2, 0.25) is 0 Å². The molecule has 2 aromatic rings. The molecule has 2 aromatic heterocycles. The molecular weight excluding hydrogens is 423 g/mol. The molecule has 1 aliphatic rings. The highest BCUT2D eigenvalue weighted by Crippen LogP contribution is 2.16. The minimum Gasteiger partial charge on any atom is -0.356 e. The predicted molar refractivity (Wildman–Crippen MR) is 107 cm³/mol. The maximum Gasteiger partial charge on any atom is 0.191 e. The van der Waals surface area contributed by atoms with Crippen LogP contribution >= 0.6 is 35.7 Å². The van der Waals surface area contributed by atoms with Crippen LogP contribution in [0.4, 0.5) is 0 Å². The number of thioether (sulfide) groups is 1. The molecule has 2 N–H and O–H groups in total. The molecule has 3 rings (SSSR count). The van der Waals surface area contributed by atoms with Gasteiger partial charge < -0.3 is 10.6 Å². The Morgan fingerprint density at radius 3 is 3.13 bits per heavy atom. The molecule has 23 heavy (non-hydrogen) atoms. The third kappa shape index (κ3) is 4.97. The highest BCUT2D eigenvalue weighted by molar-refractivity contribution is 14.0. The quantitative estimate of drug-likeness (QED) is 0.427. The van der Waals surface area contributed by atoms with Crippen LogP contribution in [0.5, 0.6) is 0 Å². The van der Waals surface area contributed by atoms with Gasteiger partial charge in [0.15, 0.2) is 11.6 Å². The van der Waals surface area contributed by atoms with E-state index in [2.05, 4.69) is 25.8 Å². The third-order valence-electron chi connectivity index (χ3n) is 3.75. The van der Waals surface area contributed by atoms with E-state index >= 15 is 0 Å². The fourth-order valence-corrected chi connectivity index (χ4v) is 3.67. The normalized spacial score (nSPS) is 18.5. The van der Waals surface area contributed by atoms with Crippen molar-refractivity contribution in [3.05, 3.63) is 30.2 Å². The molecule has 0 aliphatic carbocycles. The second-order valence-electron chi connectivity index (χ2n) is 5.35. The highest BCUT2D eigenvalue weighted by atomic mass is 127. The van der Waals surface area contributed by atoms with E-state index in [1.807, 2.05) is 47.6 Å². The summed E-state index contributed by atoms with van der Waals surface area (Å²) in [5, 5.41) is 15.3. The zero-order valence-electron chi connectivity index (χ0n) is 13.2. The Morgan fingerprint density at radius 2 is 2.35 bits per heavy atom. The van der Waals surface area contributed by atoms with Crippen LogP contribution < -0.4 is 10.6 Å². The summed E-state index contributed by atoms with van der Waals surface area (Å²) in [5.74, 6) is 4.28. The molecular formula is C15H23IN6S. The fourth-order valence-electron chi connectivity index (χ4n) is 2.60. The number of rotatable bonds is 4. The van der Waals surface area contributed by atoms with Crippen LogP contribution in [0, 0.1) is 0 Å². The van der Waals surface area contributed by atoms with Gasteiger partial charge in [0, 0.05) is 38.0 Å². The molecule has 8 heteroatoms. The third-order valence-corrected chi connectivity index (χ3v) is 4.97. The van der Waals surface area contributed by atoms with E-state index in [0.717, 1.165) is 36.1 Å². The number of aromatic nitrogens is 3. The Labute approximate surface area is 157 Å². The van der Waals surface area contributed by atoms with Crippen molar-refractivity contribution in [2.45, 2.75) is 25.3 Å². The van der Waals surface area contributed by atoms with Crippen LogP contribution in [0.25, 0.3) is 5.65 Å². The van der Waals surface area contributed by atoms with E-state index in [4.69, 9.17) is 0 Å². The number of halogens is 1. The first-order chi connectivity index (χ1) is 10.9. The van der Waals surface area contributed by atoms with Crippen LogP contribution in [-0.4, -0.2) is 51.7 Å². The number of guanidine groups is 1. The van der Waals surface area contributed by atoms with Crippen molar-refractivity contribution in [3.63, 3.8) is 0 Å². The van der Waals surface area contributed by atoms with E-state index in [-0.39, 0.29) is 24.0 Å². The zero-order chi connectivity index (χ0) is 15.2. The smallest absolute Gasteiger partial charge is 0.191 e. The minimum absolute atomic E-state index is 0. The molecule has 0 saturated carbocycles. The van der Waals surface area contributed by atoms with Crippen molar-refractivity contribution in [1.82, 2.24) is 25.2 Å². The van der Waals surface area contributed by atoms with Crippen LogP contribution in [-0.2, 0) is 6.42 Å². The topological polar surface area (TPSA) is 66.6 Å². The number of nitrogens with one attached hydrogen (secondary N) is 2. The van der Waals surface area contributed by atoms with Crippen molar-refractivity contribution in [1.29, 1.82) is 0 Å². The fraction of sp³-hybridized carbons (Fsp3) is 0.533. The summed E-state index contributed by atoms with van der Waals surface area (Å²) >= 11 is 2.01. The van der Waals surface area contributed by atoms with Crippen LogP contribution in [0.3, 0.4) is 0 Å². The zero-order valence-corrected chi connectivity index (χ0v) is 16.4. The van der Waals surface area contributed by atoms with Crippen molar-refractivity contribution in [2.24, 2.45) is 4.99 Å². The largest absolute Gasteiger partial charge is 0.356 e. The van der Waals surface area contributed by atoms with Crippen LogP contribution in [0.1, 0.15) is 18.7 Å². The maximum absolute atomic E-state index is 4.31. The number of hydrogen-bond acceptors (Lipinski definition) is 4. The van der Waals surface area contributed by atoms with Gasteiger partial charge >= 0.3 is 0 Å². The van der Waals surface area contributed by atoms with E-state index < -0.39 is 0 Å². The summed E-state index contributed by atoms with van der Waals surface area (Å²) in [6, 6.07) is 6.46. The summed E-state index contributed by atoms with van der Waals surface area (Å²) < 4.78 is 2.02. The standard InChI is InChI=1S/C15H22N6S.HI/c1-16-15(18-12-5-4-10-22-11-12)17-8-7-14-20-19-13-6-2-3-9-21(13)14;/h2-3,6,9,12H,4-5,7-8,10-11H2,1H3,(H2,16,17,18);1H. The molecule has 3 heterocycles. The lowest BCUT2D eigenvalue weighted by atomic mass is 10.2.